The van der Waals surface area contributed by atoms with Crippen LogP contribution in [0.5, 0.6) is 5.75 Å². The number of epoxide rings is 1. The van der Waals surface area contributed by atoms with Gasteiger partial charge in [-0.2, -0.15) is 0 Å². The summed E-state index contributed by atoms with van der Waals surface area (Å²) in [6, 6.07) is 5.89. The fourth-order valence-electron chi connectivity index (χ4n) is 2.51. The van der Waals surface area contributed by atoms with E-state index >= 15 is 0 Å². The van der Waals surface area contributed by atoms with Gasteiger partial charge in [-0.05, 0) is 30.2 Å². The highest BCUT2D eigenvalue weighted by atomic mass is 16.6. The second-order valence-corrected chi connectivity index (χ2v) is 4.96. The zero-order chi connectivity index (χ0) is 12.8. The molecule has 3 heterocycles. The second kappa shape index (κ2) is 3.99. The van der Waals surface area contributed by atoms with Gasteiger partial charge in [0.05, 0.1) is 6.61 Å². The summed E-state index contributed by atoms with van der Waals surface area (Å²) in [6.45, 7) is 2.08. The van der Waals surface area contributed by atoms with Gasteiger partial charge >= 0.3 is 0 Å². The van der Waals surface area contributed by atoms with Crippen molar-refractivity contribution >= 4 is 16.8 Å². The molecule has 1 aromatic carbocycles. The molecule has 98 valence electrons. The molecule has 1 aromatic heterocycles. The Hall–Kier alpha value is -2.01. The fourth-order valence-corrected chi connectivity index (χ4v) is 2.51. The normalized spacial score (nSPS) is 21.1. The molecule has 19 heavy (non-hydrogen) atoms. The minimum atomic E-state index is -0.0219. The van der Waals surface area contributed by atoms with Crippen LogP contribution in [0.15, 0.2) is 18.2 Å². The molecule has 1 fully saturated rings. The van der Waals surface area contributed by atoms with Crippen molar-refractivity contribution in [2.45, 2.75) is 12.5 Å². The van der Waals surface area contributed by atoms with Crippen molar-refractivity contribution < 1.29 is 14.3 Å². The van der Waals surface area contributed by atoms with Gasteiger partial charge < -0.3 is 19.8 Å². The summed E-state index contributed by atoms with van der Waals surface area (Å²) in [5, 5.41) is 3.93. The maximum atomic E-state index is 11.8. The molecule has 0 saturated carbocycles. The van der Waals surface area contributed by atoms with E-state index in [4.69, 9.17) is 9.47 Å². The highest BCUT2D eigenvalue weighted by Gasteiger charge is 2.24. The number of amides is 1. The molecule has 0 radical (unpaired) electrons. The molecule has 0 bridgehead atoms. The first kappa shape index (κ1) is 10.9. The Bertz CT molecular complexity index is 658. The molecule has 2 aliphatic rings. The SMILES string of the molecule is O=C1NCCc2c1[nH]c1ccc(OCC3CO3)cc21. The van der Waals surface area contributed by atoms with Crippen LogP contribution in [0.4, 0.5) is 0 Å². The number of benzene rings is 1. The van der Waals surface area contributed by atoms with Crippen molar-refractivity contribution in [1.82, 2.24) is 10.3 Å². The van der Waals surface area contributed by atoms with Crippen molar-refractivity contribution in [3.63, 3.8) is 0 Å². The Labute approximate surface area is 109 Å². The van der Waals surface area contributed by atoms with Crippen LogP contribution in [-0.2, 0) is 11.2 Å². The van der Waals surface area contributed by atoms with Gasteiger partial charge in [0, 0.05) is 17.4 Å². The summed E-state index contributed by atoms with van der Waals surface area (Å²) in [6.07, 6.45) is 1.11. The number of fused-ring (bicyclic) bond motifs is 3. The molecule has 1 amide bonds. The lowest BCUT2D eigenvalue weighted by molar-refractivity contribution is 0.0942. The number of aromatic nitrogens is 1. The van der Waals surface area contributed by atoms with E-state index in [1.54, 1.807) is 0 Å². The third-order valence-electron chi connectivity index (χ3n) is 3.60. The molecule has 1 unspecified atom stereocenters. The molecule has 0 aliphatic carbocycles. The monoisotopic (exact) mass is 258 g/mol. The van der Waals surface area contributed by atoms with Gasteiger partial charge in [-0.3, -0.25) is 4.79 Å². The zero-order valence-electron chi connectivity index (χ0n) is 10.4. The van der Waals surface area contributed by atoms with E-state index < -0.39 is 0 Å². The number of nitrogens with one attached hydrogen (secondary N) is 2. The van der Waals surface area contributed by atoms with Gasteiger partial charge in [-0.25, -0.2) is 0 Å². The van der Waals surface area contributed by atoms with E-state index in [1.165, 1.54) is 0 Å². The predicted molar refractivity (Wildman–Crippen MR) is 69.6 cm³/mol. The first-order valence-corrected chi connectivity index (χ1v) is 6.48. The average molecular weight is 258 g/mol. The van der Waals surface area contributed by atoms with Crippen molar-refractivity contribution in [2.75, 3.05) is 19.8 Å². The number of ether oxygens (including phenoxy) is 2. The molecule has 2 N–H and O–H groups in total. The first-order chi connectivity index (χ1) is 9.31. The minimum absolute atomic E-state index is 0.0219. The lowest BCUT2D eigenvalue weighted by Gasteiger charge is -2.12. The molecule has 1 saturated heterocycles. The van der Waals surface area contributed by atoms with Gasteiger partial charge in [0.2, 0.25) is 0 Å². The van der Waals surface area contributed by atoms with E-state index in [1.807, 2.05) is 18.2 Å². The predicted octanol–water partition coefficient (Wildman–Crippen LogP) is 1.23. The summed E-state index contributed by atoms with van der Waals surface area (Å²) in [5.41, 5.74) is 2.76. The summed E-state index contributed by atoms with van der Waals surface area (Å²) in [4.78, 5) is 15.0. The zero-order valence-corrected chi connectivity index (χ0v) is 10.4. The van der Waals surface area contributed by atoms with Gasteiger partial charge in [-0.15, -0.1) is 0 Å². The Morgan fingerprint density at radius 1 is 1.42 bits per heavy atom. The van der Waals surface area contributed by atoms with Crippen LogP contribution in [-0.4, -0.2) is 36.8 Å². The Morgan fingerprint density at radius 3 is 3.16 bits per heavy atom. The highest BCUT2D eigenvalue weighted by Crippen LogP contribution is 2.28. The lowest BCUT2D eigenvalue weighted by Crippen LogP contribution is -2.31. The summed E-state index contributed by atoms with van der Waals surface area (Å²) >= 11 is 0. The number of hydrogen-bond donors (Lipinski definition) is 2. The molecule has 2 aromatic rings. The largest absolute Gasteiger partial charge is 0.491 e. The number of carbonyl (C=O) groups is 1. The fraction of sp³-hybridized carbons (Fsp3) is 0.357. The topological polar surface area (TPSA) is 66.7 Å². The molecule has 4 rings (SSSR count). The third kappa shape index (κ3) is 1.86. The molecule has 5 heteroatoms. The molecule has 1 atom stereocenters. The number of carbonyl (C=O) groups excluding carboxylic acids is 1. The Morgan fingerprint density at radius 2 is 2.32 bits per heavy atom. The Kier molecular flexibility index (Phi) is 2.29. The van der Waals surface area contributed by atoms with Gasteiger partial charge in [0.25, 0.3) is 5.91 Å². The van der Waals surface area contributed by atoms with Crippen LogP contribution in [0.3, 0.4) is 0 Å². The minimum Gasteiger partial charge on any atom is -0.491 e. The summed E-state index contributed by atoms with van der Waals surface area (Å²) < 4.78 is 10.8. The van der Waals surface area contributed by atoms with Crippen molar-refractivity contribution in [3.8, 4) is 5.75 Å². The van der Waals surface area contributed by atoms with Crippen LogP contribution in [0, 0.1) is 0 Å². The maximum absolute atomic E-state index is 11.8. The van der Waals surface area contributed by atoms with Crippen molar-refractivity contribution in [2.24, 2.45) is 0 Å². The third-order valence-corrected chi connectivity index (χ3v) is 3.60. The number of rotatable bonds is 3. The van der Waals surface area contributed by atoms with Gasteiger partial charge in [0.1, 0.15) is 24.2 Å². The van der Waals surface area contributed by atoms with Crippen LogP contribution in [0.25, 0.3) is 10.9 Å². The van der Waals surface area contributed by atoms with Crippen molar-refractivity contribution in [1.29, 1.82) is 0 Å². The van der Waals surface area contributed by atoms with Crippen LogP contribution >= 0.6 is 0 Å². The number of aromatic amines is 1. The summed E-state index contributed by atoms with van der Waals surface area (Å²) in [7, 11) is 0. The summed E-state index contributed by atoms with van der Waals surface area (Å²) in [5.74, 6) is 0.807. The quantitative estimate of drug-likeness (QED) is 0.814. The molecular formula is C14H14N2O3. The molecule has 0 spiro atoms. The maximum Gasteiger partial charge on any atom is 0.268 e. The van der Waals surface area contributed by atoms with E-state index in [0.29, 0.717) is 18.8 Å². The standard InChI is InChI=1S/C14H14N2O3/c17-14-13-10(3-4-15-14)11-5-8(1-2-12(11)16-13)18-6-9-7-19-9/h1-2,5,9,16H,3-4,6-7H2,(H,15,17). The highest BCUT2D eigenvalue weighted by molar-refractivity contribution is 6.02. The van der Waals surface area contributed by atoms with E-state index in [0.717, 1.165) is 35.2 Å². The average Bonchev–Trinajstić information content (AvgIpc) is 3.17. The van der Waals surface area contributed by atoms with Gasteiger partial charge in [-0.1, -0.05) is 0 Å². The molecule has 5 nitrogen and oxygen atoms in total. The smallest absolute Gasteiger partial charge is 0.268 e. The first-order valence-electron chi connectivity index (χ1n) is 6.48. The molecular weight excluding hydrogens is 244 g/mol. The van der Waals surface area contributed by atoms with Gasteiger partial charge in [0.15, 0.2) is 0 Å². The van der Waals surface area contributed by atoms with Crippen LogP contribution in [0.2, 0.25) is 0 Å². The number of H-pyrrole nitrogens is 1. The lowest BCUT2D eigenvalue weighted by atomic mass is 10.0. The van der Waals surface area contributed by atoms with Crippen LogP contribution in [0.1, 0.15) is 16.1 Å². The second-order valence-electron chi connectivity index (χ2n) is 4.96. The van der Waals surface area contributed by atoms with E-state index in [9.17, 15) is 4.79 Å². The van der Waals surface area contributed by atoms with E-state index in [-0.39, 0.29) is 12.0 Å². The van der Waals surface area contributed by atoms with E-state index in [2.05, 4.69) is 10.3 Å². The Balaban J connectivity index is 1.72. The van der Waals surface area contributed by atoms with Crippen molar-refractivity contribution in [3.05, 3.63) is 29.5 Å². The van der Waals surface area contributed by atoms with Crippen LogP contribution < -0.4 is 10.1 Å². The number of hydrogen-bond acceptors (Lipinski definition) is 3. The molecule has 2 aliphatic heterocycles.